The van der Waals surface area contributed by atoms with Gasteiger partial charge in [0.15, 0.2) is 5.76 Å². The van der Waals surface area contributed by atoms with Crippen LogP contribution in [-0.2, 0) is 11.2 Å². The van der Waals surface area contributed by atoms with E-state index in [0.29, 0.717) is 11.3 Å². The fourth-order valence-corrected chi connectivity index (χ4v) is 4.17. The molecule has 3 aromatic rings. The number of fused-ring (bicyclic) bond motifs is 1. The van der Waals surface area contributed by atoms with Gasteiger partial charge < -0.3 is 14.2 Å². The van der Waals surface area contributed by atoms with E-state index in [0.717, 1.165) is 79.2 Å². The molecule has 0 bridgehead atoms. The van der Waals surface area contributed by atoms with Gasteiger partial charge in [0.25, 0.3) is 0 Å². The Labute approximate surface area is 177 Å². The first-order chi connectivity index (χ1) is 14.6. The van der Waals surface area contributed by atoms with Crippen LogP contribution in [0.2, 0.25) is 0 Å². The molecule has 2 aliphatic heterocycles. The van der Waals surface area contributed by atoms with E-state index in [4.69, 9.17) is 14.2 Å². The zero-order valence-corrected chi connectivity index (χ0v) is 18.1. The van der Waals surface area contributed by atoms with Gasteiger partial charge in [-0.15, -0.1) is 0 Å². The van der Waals surface area contributed by atoms with Gasteiger partial charge >= 0.3 is 0 Å². The number of rotatable bonds is 3. The summed E-state index contributed by atoms with van der Waals surface area (Å²) in [6, 6.07) is 5.57. The number of ether oxygens (including phenoxy) is 1. The summed E-state index contributed by atoms with van der Waals surface area (Å²) in [7, 11) is 0. The summed E-state index contributed by atoms with van der Waals surface area (Å²) in [5.41, 5.74) is 4.18. The number of benzene rings is 1. The molecular weight excluding hydrogens is 381 g/mol. The van der Waals surface area contributed by atoms with E-state index in [9.17, 15) is 4.39 Å². The lowest BCUT2D eigenvalue weighted by Crippen LogP contribution is -2.20. The predicted molar refractivity (Wildman–Crippen MR) is 118 cm³/mol. The Bertz CT molecular complexity index is 1010. The number of aromatic nitrogens is 2. The van der Waals surface area contributed by atoms with Crippen LogP contribution in [0, 0.1) is 19.7 Å². The summed E-state index contributed by atoms with van der Waals surface area (Å²) in [4.78, 5) is 6.97. The van der Waals surface area contributed by atoms with Crippen molar-refractivity contribution in [2.24, 2.45) is 0 Å². The second-order valence-electron chi connectivity index (χ2n) is 8.11. The average molecular weight is 412 g/mol. The van der Waals surface area contributed by atoms with E-state index in [1.807, 2.05) is 32.9 Å². The summed E-state index contributed by atoms with van der Waals surface area (Å²) < 4.78 is 25.2. The van der Waals surface area contributed by atoms with Gasteiger partial charge in [-0.3, -0.25) is 0 Å². The maximum Gasteiger partial charge on any atom is 0.171 e. The summed E-state index contributed by atoms with van der Waals surface area (Å²) >= 11 is 0. The number of pyridine rings is 1. The van der Waals surface area contributed by atoms with Crippen LogP contribution in [0.15, 0.2) is 22.7 Å². The van der Waals surface area contributed by atoms with Crippen LogP contribution in [0.3, 0.4) is 0 Å². The first kappa shape index (κ1) is 20.8. The molecule has 2 aromatic heterocycles. The lowest BCUT2D eigenvalue weighted by Gasteiger charge is -2.22. The lowest BCUT2D eigenvalue weighted by atomic mass is 9.98. The summed E-state index contributed by atoms with van der Waals surface area (Å²) in [6.07, 6.45) is 5.60. The van der Waals surface area contributed by atoms with Crippen LogP contribution in [0.5, 0.6) is 0 Å². The third-order valence-corrected chi connectivity index (χ3v) is 5.86. The lowest BCUT2D eigenvalue weighted by molar-refractivity contribution is 0.198. The van der Waals surface area contributed by atoms with Gasteiger partial charge in [-0.05, 0) is 69.2 Å². The number of aryl methyl sites for hydroxylation is 3. The van der Waals surface area contributed by atoms with Crippen LogP contribution in [0.25, 0.3) is 22.2 Å². The van der Waals surface area contributed by atoms with Crippen molar-refractivity contribution < 1.29 is 13.7 Å². The van der Waals surface area contributed by atoms with Gasteiger partial charge in [-0.25, -0.2) is 9.37 Å². The molecule has 0 unspecified atom stereocenters. The van der Waals surface area contributed by atoms with Gasteiger partial charge in [0, 0.05) is 37.8 Å². The zero-order chi connectivity index (χ0) is 21.1. The highest BCUT2D eigenvalue weighted by atomic mass is 19.1. The van der Waals surface area contributed by atoms with E-state index in [2.05, 4.69) is 10.1 Å². The first-order valence-corrected chi connectivity index (χ1v) is 11.0. The molecule has 4 heterocycles. The van der Waals surface area contributed by atoms with Crippen molar-refractivity contribution in [1.29, 1.82) is 0 Å². The van der Waals surface area contributed by atoms with E-state index in [1.165, 1.54) is 12.8 Å². The zero-order valence-electron chi connectivity index (χ0n) is 18.1. The normalized spacial score (nSPS) is 16.2. The van der Waals surface area contributed by atoms with Crippen molar-refractivity contribution in [2.75, 3.05) is 31.2 Å². The Morgan fingerprint density at radius 2 is 1.77 bits per heavy atom. The standard InChI is InChI=1S/C20H22FN3O.C4H8O/c1-4-14-10-15-13(3)18(17-9-12(2)23-25-17)20(24-7-5-6-8-24)22-19(15)16(21)11-14;1-2-4-5-3-1/h9-11H,4-8H2,1-3H3;1-4H2. The van der Waals surface area contributed by atoms with Crippen molar-refractivity contribution in [3.8, 4) is 11.3 Å². The number of hydrogen-bond donors (Lipinski definition) is 0. The fraction of sp³-hybridized carbons (Fsp3) is 0.500. The van der Waals surface area contributed by atoms with Crippen LogP contribution in [0.1, 0.15) is 49.4 Å². The molecule has 160 valence electrons. The quantitative estimate of drug-likeness (QED) is 0.561. The molecule has 0 atom stereocenters. The molecule has 1 aromatic carbocycles. The van der Waals surface area contributed by atoms with Crippen LogP contribution < -0.4 is 4.90 Å². The second-order valence-corrected chi connectivity index (χ2v) is 8.11. The van der Waals surface area contributed by atoms with Crippen molar-refractivity contribution >= 4 is 16.7 Å². The maximum atomic E-state index is 14.7. The summed E-state index contributed by atoms with van der Waals surface area (Å²) in [5, 5.41) is 4.89. The molecule has 0 aliphatic carbocycles. The molecular formula is C24H30FN3O2. The highest BCUT2D eigenvalue weighted by Gasteiger charge is 2.25. The maximum absolute atomic E-state index is 14.7. The monoisotopic (exact) mass is 411 g/mol. The number of hydrogen-bond acceptors (Lipinski definition) is 5. The topological polar surface area (TPSA) is 51.4 Å². The van der Waals surface area contributed by atoms with Gasteiger partial charge in [-0.1, -0.05) is 12.1 Å². The van der Waals surface area contributed by atoms with Gasteiger partial charge in [-0.2, -0.15) is 0 Å². The van der Waals surface area contributed by atoms with E-state index in [1.54, 1.807) is 6.07 Å². The molecule has 2 aliphatic rings. The van der Waals surface area contributed by atoms with E-state index >= 15 is 0 Å². The van der Waals surface area contributed by atoms with E-state index < -0.39 is 0 Å². The summed E-state index contributed by atoms with van der Waals surface area (Å²) in [5.74, 6) is 1.26. The molecule has 0 radical (unpaired) electrons. The van der Waals surface area contributed by atoms with Gasteiger partial charge in [0.2, 0.25) is 0 Å². The van der Waals surface area contributed by atoms with Gasteiger partial charge in [0.05, 0.1) is 11.3 Å². The molecule has 0 N–H and O–H groups in total. The van der Waals surface area contributed by atoms with Crippen LogP contribution >= 0.6 is 0 Å². The third-order valence-electron chi connectivity index (χ3n) is 5.86. The minimum atomic E-state index is -0.252. The van der Waals surface area contributed by atoms with Crippen molar-refractivity contribution in [1.82, 2.24) is 10.1 Å². The third kappa shape index (κ3) is 4.19. The minimum Gasteiger partial charge on any atom is -0.381 e. The Kier molecular flexibility index (Phi) is 6.32. The molecule has 5 rings (SSSR count). The number of halogens is 1. The smallest absolute Gasteiger partial charge is 0.171 e. The fourth-order valence-electron chi connectivity index (χ4n) is 4.17. The first-order valence-electron chi connectivity index (χ1n) is 11.0. The molecule has 0 amide bonds. The van der Waals surface area contributed by atoms with Crippen molar-refractivity contribution in [3.63, 3.8) is 0 Å². The Hall–Kier alpha value is -2.47. The molecule has 6 heteroatoms. The largest absolute Gasteiger partial charge is 0.381 e. The van der Waals surface area contributed by atoms with E-state index in [-0.39, 0.29) is 5.82 Å². The minimum absolute atomic E-state index is 0.252. The number of nitrogens with zero attached hydrogens (tertiary/aromatic N) is 3. The van der Waals surface area contributed by atoms with Crippen molar-refractivity contribution in [2.45, 2.75) is 52.9 Å². The van der Waals surface area contributed by atoms with Crippen LogP contribution in [0.4, 0.5) is 10.2 Å². The molecule has 30 heavy (non-hydrogen) atoms. The second kappa shape index (κ2) is 9.13. The molecule has 5 nitrogen and oxygen atoms in total. The summed E-state index contributed by atoms with van der Waals surface area (Å²) in [6.45, 7) is 9.83. The highest BCUT2D eigenvalue weighted by molar-refractivity contribution is 5.93. The number of anilines is 1. The predicted octanol–water partition coefficient (Wildman–Crippen LogP) is 5.61. The molecule has 0 spiro atoms. The Morgan fingerprint density at radius 1 is 1.03 bits per heavy atom. The van der Waals surface area contributed by atoms with Crippen LogP contribution in [-0.4, -0.2) is 36.4 Å². The average Bonchev–Trinajstić information content (AvgIpc) is 3.52. The Morgan fingerprint density at radius 3 is 2.33 bits per heavy atom. The molecule has 2 fully saturated rings. The van der Waals surface area contributed by atoms with Gasteiger partial charge in [0.1, 0.15) is 17.2 Å². The SMILES string of the molecule is C1CCOC1.CCc1cc(F)c2nc(N3CCCC3)c(-c3cc(C)no3)c(C)c2c1. The Balaban J connectivity index is 0.000000383. The van der Waals surface area contributed by atoms with Crippen molar-refractivity contribution in [3.05, 3.63) is 40.8 Å². The molecule has 0 saturated carbocycles. The molecule has 2 saturated heterocycles. The highest BCUT2D eigenvalue weighted by Crippen LogP contribution is 2.39.